The van der Waals surface area contributed by atoms with Gasteiger partial charge in [-0.1, -0.05) is 67.8 Å². The van der Waals surface area contributed by atoms with Gasteiger partial charge in [0.2, 0.25) is 0 Å². The Morgan fingerprint density at radius 1 is 0.921 bits per heavy atom. The van der Waals surface area contributed by atoms with Crippen LogP contribution in [0.1, 0.15) is 95.3 Å². The Kier molecular flexibility index (Phi) is 11.4. The number of hydrogen-bond acceptors (Lipinski definition) is 4. The van der Waals surface area contributed by atoms with Crippen LogP contribution in [-0.2, 0) is 19.4 Å². The first-order valence-corrected chi connectivity index (χ1v) is 13.4. The quantitative estimate of drug-likeness (QED) is 0.286. The average Bonchev–Trinajstić information content (AvgIpc) is 2.93. The summed E-state index contributed by atoms with van der Waals surface area (Å²) >= 11 is 0. The molecule has 2 N–H and O–H groups in total. The van der Waals surface area contributed by atoms with E-state index in [9.17, 15) is 9.90 Å². The predicted molar refractivity (Wildman–Crippen MR) is 156 cm³/mol. The molecule has 5 rings (SSSR count). The summed E-state index contributed by atoms with van der Waals surface area (Å²) in [5.41, 5.74) is 6.05. The minimum absolute atomic E-state index is 0. The van der Waals surface area contributed by atoms with Crippen molar-refractivity contribution in [2.75, 3.05) is 6.54 Å². The number of aromatic nitrogens is 1. The van der Waals surface area contributed by atoms with E-state index in [1.165, 1.54) is 48.8 Å². The van der Waals surface area contributed by atoms with Gasteiger partial charge in [-0.25, -0.2) is 9.78 Å². The fourth-order valence-corrected chi connectivity index (χ4v) is 5.71. The fourth-order valence-electron chi connectivity index (χ4n) is 5.71. The largest absolute Gasteiger partial charge is 0.489 e. The van der Waals surface area contributed by atoms with Crippen LogP contribution < -0.4 is 10.1 Å². The molecule has 2 aliphatic carbocycles. The maximum Gasteiger partial charge on any atom is 0.354 e. The molecule has 1 fully saturated rings. The Balaban J connectivity index is 0.00000200. The van der Waals surface area contributed by atoms with Gasteiger partial charge in [0, 0.05) is 11.7 Å². The molecule has 0 aliphatic heterocycles. The molecule has 204 valence electrons. The molecular weight excluding hydrogens is 519 g/mol. The van der Waals surface area contributed by atoms with Crippen LogP contribution in [0.4, 0.5) is 0 Å². The van der Waals surface area contributed by atoms with Gasteiger partial charge < -0.3 is 15.2 Å². The van der Waals surface area contributed by atoms with Gasteiger partial charge in [-0.15, -0.1) is 24.8 Å². The first-order chi connectivity index (χ1) is 17.7. The number of hydrogen-bond donors (Lipinski definition) is 2. The van der Waals surface area contributed by atoms with Crippen LogP contribution in [0.25, 0.3) is 0 Å². The van der Waals surface area contributed by atoms with Gasteiger partial charge in [-0.05, 0) is 85.4 Å². The maximum absolute atomic E-state index is 11.3. The third-order valence-electron chi connectivity index (χ3n) is 7.72. The predicted octanol–water partition coefficient (Wildman–Crippen LogP) is 7.46. The van der Waals surface area contributed by atoms with E-state index in [4.69, 9.17) is 4.74 Å². The van der Waals surface area contributed by atoms with E-state index in [1.54, 1.807) is 6.07 Å². The number of aromatic carboxylic acids is 1. The Labute approximate surface area is 238 Å². The molecule has 0 bridgehead atoms. The van der Waals surface area contributed by atoms with Crippen LogP contribution in [0.5, 0.6) is 5.75 Å². The zero-order valence-electron chi connectivity index (χ0n) is 21.7. The Morgan fingerprint density at radius 2 is 1.68 bits per heavy atom. The molecule has 1 saturated carbocycles. The molecule has 0 radical (unpaired) electrons. The molecule has 5 nitrogen and oxygen atoms in total. The van der Waals surface area contributed by atoms with Gasteiger partial charge in [0.25, 0.3) is 0 Å². The summed E-state index contributed by atoms with van der Waals surface area (Å²) in [4.78, 5) is 15.6. The minimum Gasteiger partial charge on any atom is -0.489 e. The highest BCUT2D eigenvalue weighted by atomic mass is 35.5. The standard InChI is InChI=1S/C31H36N2O3.2ClH/c34-31(35)29-18-17-26-27(10-6-11-28(26)33-29)32-20-19-25-9-4-5-12-30(25)36-21-22-13-15-24(16-14-22)23-7-2-1-3-8-23;;/h4-5,9,12-18,23,27,32H,1-3,6-8,10-11,19-21H2,(H,34,35);2*1H. The molecule has 7 heteroatoms. The Morgan fingerprint density at radius 3 is 2.45 bits per heavy atom. The number of halogens is 2. The first-order valence-electron chi connectivity index (χ1n) is 13.4. The molecule has 3 aromatic rings. The van der Waals surface area contributed by atoms with Crippen molar-refractivity contribution < 1.29 is 14.6 Å². The molecule has 0 spiro atoms. The Hall–Kier alpha value is -2.60. The summed E-state index contributed by atoms with van der Waals surface area (Å²) in [5.74, 6) is 0.699. The van der Waals surface area contributed by atoms with E-state index in [0.29, 0.717) is 6.61 Å². The molecule has 0 amide bonds. The lowest BCUT2D eigenvalue weighted by Gasteiger charge is -2.26. The topological polar surface area (TPSA) is 71.5 Å². The zero-order valence-corrected chi connectivity index (χ0v) is 23.4. The summed E-state index contributed by atoms with van der Waals surface area (Å²) in [6, 6.07) is 21.1. The molecule has 1 atom stereocenters. The lowest BCUT2D eigenvalue weighted by Crippen LogP contribution is -2.28. The number of carbonyl (C=O) groups is 1. The number of rotatable bonds is 9. The Bertz CT molecular complexity index is 1180. The maximum atomic E-state index is 11.3. The van der Waals surface area contributed by atoms with Crippen LogP contribution in [0, 0.1) is 0 Å². The number of nitrogens with zero attached hydrogens (tertiary/aromatic N) is 1. The van der Waals surface area contributed by atoms with Gasteiger partial charge in [-0.3, -0.25) is 0 Å². The van der Waals surface area contributed by atoms with E-state index in [1.807, 2.05) is 12.1 Å². The summed E-state index contributed by atoms with van der Waals surface area (Å²) in [5, 5.41) is 12.9. The van der Waals surface area contributed by atoms with E-state index in [0.717, 1.165) is 55.2 Å². The van der Waals surface area contributed by atoms with Crippen molar-refractivity contribution in [3.63, 3.8) is 0 Å². The summed E-state index contributed by atoms with van der Waals surface area (Å²) in [7, 11) is 0. The zero-order chi connectivity index (χ0) is 24.7. The van der Waals surface area contributed by atoms with Crippen molar-refractivity contribution >= 4 is 30.8 Å². The second-order valence-corrected chi connectivity index (χ2v) is 10.2. The second kappa shape index (κ2) is 14.5. The lowest BCUT2D eigenvalue weighted by molar-refractivity contribution is 0.0690. The van der Waals surface area contributed by atoms with Crippen molar-refractivity contribution in [3.05, 3.63) is 94.3 Å². The third-order valence-corrected chi connectivity index (χ3v) is 7.72. The molecule has 0 saturated heterocycles. The smallest absolute Gasteiger partial charge is 0.354 e. The van der Waals surface area contributed by atoms with Crippen LogP contribution >= 0.6 is 24.8 Å². The SMILES string of the molecule is Cl.Cl.O=C(O)c1ccc2c(n1)CCCC2NCCc1ccccc1OCc1ccc(C2CCCCC2)cc1. The van der Waals surface area contributed by atoms with E-state index >= 15 is 0 Å². The summed E-state index contributed by atoms with van der Waals surface area (Å²) in [6.07, 6.45) is 10.5. The van der Waals surface area contributed by atoms with Gasteiger partial charge in [0.05, 0.1) is 0 Å². The highest BCUT2D eigenvalue weighted by molar-refractivity contribution is 5.86. The van der Waals surface area contributed by atoms with Crippen molar-refractivity contribution in [2.45, 2.75) is 76.4 Å². The number of aryl methyl sites for hydroxylation is 1. The highest BCUT2D eigenvalue weighted by Gasteiger charge is 2.22. The van der Waals surface area contributed by atoms with Crippen LogP contribution in [-0.4, -0.2) is 22.6 Å². The highest BCUT2D eigenvalue weighted by Crippen LogP contribution is 2.33. The molecule has 1 aromatic heterocycles. The molecule has 2 aliphatic rings. The van der Waals surface area contributed by atoms with E-state index in [-0.39, 0.29) is 36.5 Å². The molecule has 1 heterocycles. The average molecular weight is 558 g/mol. The monoisotopic (exact) mass is 556 g/mol. The van der Waals surface area contributed by atoms with Crippen molar-refractivity contribution in [1.29, 1.82) is 0 Å². The molecular formula is C31H38Cl2N2O3. The number of ether oxygens (including phenoxy) is 1. The number of nitrogens with one attached hydrogen (secondary N) is 1. The number of benzene rings is 2. The number of para-hydroxylation sites is 1. The summed E-state index contributed by atoms with van der Waals surface area (Å²) < 4.78 is 6.25. The van der Waals surface area contributed by atoms with Crippen molar-refractivity contribution in [3.8, 4) is 5.75 Å². The lowest BCUT2D eigenvalue weighted by atomic mass is 9.84. The number of pyridine rings is 1. The molecule has 38 heavy (non-hydrogen) atoms. The number of fused-ring (bicyclic) bond motifs is 1. The normalized spacial score (nSPS) is 17.0. The van der Waals surface area contributed by atoms with Gasteiger partial charge in [-0.2, -0.15) is 0 Å². The number of carboxylic acids is 1. The molecule has 1 unspecified atom stereocenters. The van der Waals surface area contributed by atoms with Gasteiger partial charge >= 0.3 is 5.97 Å². The number of carboxylic acid groups (broad SMARTS) is 1. The van der Waals surface area contributed by atoms with Crippen LogP contribution in [0.3, 0.4) is 0 Å². The van der Waals surface area contributed by atoms with Gasteiger partial charge in [0.1, 0.15) is 18.1 Å². The van der Waals surface area contributed by atoms with E-state index in [2.05, 4.69) is 52.8 Å². The summed E-state index contributed by atoms with van der Waals surface area (Å²) in [6.45, 7) is 1.39. The van der Waals surface area contributed by atoms with Crippen molar-refractivity contribution in [1.82, 2.24) is 10.3 Å². The molecule has 2 aromatic carbocycles. The van der Waals surface area contributed by atoms with Crippen LogP contribution in [0.2, 0.25) is 0 Å². The third kappa shape index (κ3) is 7.49. The first kappa shape index (κ1) is 29.9. The van der Waals surface area contributed by atoms with Crippen LogP contribution in [0.15, 0.2) is 60.7 Å². The fraction of sp³-hybridized carbons (Fsp3) is 0.419. The minimum atomic E-state index is -0.968. The second-order valence-electron chi connectivity index (χ2n) is 10.2. The van der Waals surface area contributed by atoms with Crippen molar-refractivity contribution in [2.24, 2.45) is 0 Å². The van der Waals surface area contributed by atoms with Gasteiger partial charge in [0.15, 0.2) is 0 Å². The van der Waals surface area contributed by atoms with E-state index < -0.39 is 5.97 Å².